The highest BCUT2D eigenvalue weighted by Gasteiger charge is 2.61. The van der Waals surface area contributed by atoms with Crippen molar-refractivity contribution in [3.05, 3.63) is 76.9 Å². The van der Waals surface area contributed by atoms with Crippen LogP contribution in [0, 0.1) is 0 Å². The first kappa shape index (κ1) is 30.4. The van der Waals surface area contributed by atoms with Crippen molar-refractivity contribution in [3.63, 3.8) is 0 Å². The molecule has 0 atom stereocenters. The molecular formula is C31H29BF9O-. The molecule has 0 aromatic heterocycles. The van der Waals surface area contributed by atoms with E-state index >= 15 is 0 Å². The maximum Gasteiger partial charge on any atom is 0.673 e. The van der Waals surface area contributed by atoms with Crippen LogP contribution in [0.25, 0.3) is 22.3 Å². The van der Waals surface area contributed by atoms with E-state index in [2.05, 4.69) is 22.9 Å². The molecule has 1 nitrogen and oxygen atoms in total. The van der Waals surface area contributed by atoms with Gasteiger partial charge in [0.15, 0.2) is 0 Å². The van der Waals surface area contributed by atoms with Crippen LogP contribution >= 0.6 is 0 Å². The van der Waals surface area contributed by atoms with Crippen LogP contribution in [0.2, 0.25) is 0 Å². The lowest BCUT2D eigenvalue weighted by Gasteiger charge is -2.27. The van der Waals surface area contributed by atoms with Crippen molar-refractivity contribution >= 4 is 7.25 Å². The number of benzene rings is 3. The van der Waals surface area contributed by atoms with E-state index in [0.717, 1.165) is 56.1 Å². The third kappa shape index (κ3) is 6.44. The number of ether oxygens (including phenoxy) is 1. The second-order valence-electron chi connectivity index (χ2n) is 11.2. The minimum Gasteiger partial charge on any atom is -0.426 e. The van der Waals surface area contributed by atoms with E-state index in [1.54, 1.807) is 0 Å². The quantitative estimate of drug-likeness (QED) is 0.164. The van der Waals surface area contributed by atoms with Gasteiger partial charge in [-0.15, -0.1) is 0 Å². The maximum absolute atomic E-state index is 13.8. The largest absolute Gasteiger partial charge is 0.673 e. The molecule has 0 heterocycles. The predicted molar refractivity (Wildman–Crippen MR) is 144 cm³/mol. The number of fused-ring (bicyclic) bond motifs is 3. The van der Waals surface area contributed by atoms with E-state index in [4.69, 9.17) is 0 Å². The third-order valence-electron chi connectivity index (χ3n) is 8.44. The van der Waals surface area contributed by atoms with E-state index in [9.17, 15) is 39.2 Å². The van der Waals surface area contributed by atoms with E-state index in [-0.39, 0.29) is 0 Å². The Labute approximate surface area is 238 Å². The van der Waals surface area contributed by atoms with Gasteiger partial charge in [-0.3, -0.25) is 0 Å². The summed E-state index contributed by atoms with van der Waals surface area (Å²) in [7, 11) is -6.00. The van der Waals surface area contributed by atoms with Gasteiger partial charge >= 0.3 is 19.5 Å². The van der Waals surface area contributed by atoms with Crippen molar-refractivity contribution in [2.24, 2.45) is 0 Å². The fourth-order valence-corrected chi connectivity index (χ4v) is 6.79. The summed E-state index contributed by atoms with van der Waals surface area (Å²) in [5, 5.41) is 0. The number of alkyl halides is 5. The lowest BCUT2D eigenvalue weighted by molar-refractivity contribution is -0.360. The lowest BCUT2D eigenvalue weighted by atomic mass is 9.77. The Morgan fingerprint density at radius 3 is 1.90 bits per heavy atom. The van der Waals surface area contributed by atoms with Gasteiger partial charge in [0.1, 0.15) is 5.75 Å². The molecule has 3 aliphatic carbocycles. The van der Waals surface area contributed by atoms with Crippen molar-refractivity contribution in [2.45, 2.75) is 81.9 Å². The molecule has 226 valence electrons. The smallest absolute Gasteiger partial charge is 0.426 e. The molecule has 0 bridgehead atoms. The van der Waals surface area contributed by atoms with E-state index in [1.165, 1.54) is 58.9 Å². The van der Waals surface area contributed by atoms with Gasteiger partial charge in [0.2, 0.25) is 0 Å². The van der Waals surface area contributed by atoms with Crippen LogP contribution in [-0.4, -0.2) is 19.5 Å². The molecule has 11 heteroatoms. The molecule has 2 fully saturated rings. The van der Waals surface area contributed by atoms with Gasteiger partial charge in [0.05, 0.1) is 0 Å². The second kappa shape index (κ2) is 11.5. The van der Waals surface area contributed by atoms with Gasteiger partial charge in [-0.1, -0.05) is 68.1 Å². The zero-order valence-corrected chi connectivity index (χ0v) is 22.6. The molecule has 2 saturated carbocycles. The zero-order valence-electron chi connectivity index (χ0n) is 22.6. The van der Waals surface area contributed by atoms with Gasteiger partial charge in [0.25, 0.3) is 0 Å². The Kier molecular flexibility index (Phi) is 8.33. The number of hydrogen-bond donors (Lipinski definition) is 0. The van der Waals surface area contributed by atoms with Crippen LogP contribution in [0.3, 0.4) is 0 Å². The number of rotatable bonds is 5. The summed E-state index contributed by atoms with van der Waals surface area (Å²) in [6.07, 6.45) is -1.27. The Bertz CT molecular complexity index is 1410. The first-order chi connectivity index (χ1) is 19.7. The highest BCUT2D eigenvalue weighted by Crippen LogP contribution is 2.53. The van der Waals surface area contributed by atoms with Crippen molar-refractivity contribution < 1.29 is 44.0 Å². The normalized spacial score (nSPS) is 17.5. The summed E-state index contributed by atoms with van der Waals surface area (Å²) in [6.45, 7) is 0. The van der Waals surface area contributed by atoms with Crippen molar-refractivity contribution in [2.75, 3.05) is 0 Å². The molecule has 6 rings (SSSR count). The lowest BCUT2D eigenvalue weighted by Crippen LogP contribution is -2.41. The molecule has 42 heavy (non-hydrogen) atoms. The maximum atomic E-state index is 13.8. The second-order valence-corrected chi connectivity index (χ2v) is 11.2. The molecule has 0 N–H and O–H groups in total. The standard InChI is InChI=1S/C31H29F5O.BF4/c32-30(33,34)31(35,36)37-23-14-7-13-22(16-23)29-27-17-21-12-5-6-15-24(21)26(27)18-25(19-8-1-2-9-19)28(29)20-10-3-4-11-20;2-1(3,4)5/h5-7,12-16,18-20H,1-4,8-11,17H2;/q;-1. The molecule has 3 aromatic rings. The zero-order chi connectivity index (χ0) is 30.3. The van der Waals surface area contributed by atoms with Gasteiger partial charge < -0.3 is 22.0 Å². The summed E-state index contributed by atoms with van der Waals surface area (Å²) in [5.41, 5.74) is 9.02. The monoisotopic (exact) mass is 599 g/mol. The summed E-state index contributed by atoms with van der Waals surface area (Å²) in [5.74, 6) is 0.329. The Hall–Kier alpha value is -3.11. The van der Waals surface area contributed by atoms with E-state index in [0.29, 0.717) is 17.4 Å². The van der Waals surface area contributed by atoms with E-state index < -0.39 is 25.3 Å². The van der Waals surface area contributed by atoms with Crippen molar-refractivity contribution in [1.29, 1.82) is 0 Å². The Balaban J connectivity index is 0.000000652. The highest BCUT2D eigenvalue weighted by atomic mass is 19.5. The van der Waals surface area contributed by atoms with Gasteiger partial charge in [0, 0.05) is 0 Å². The molecule has 0 aliphatic heterocycles. The molecule has 3 aliphatic rings. The SMILES string of the molecule is FC(F)(F)C(F)(F)Oc1cccc(-c2c3c(cc(C4CCCC4)c2C2CCCC2)-c2ccccc2C3)c1.F[B-](F)(F)F. The predicted octanol–water partition coefficient (Wildman–Crippen LogP) is 11.1. The fourth-order valence-electron chi connectivity index (χ4n) is 6.79. The van der Waals surface area contributed by atoms with Crippen LogP contribution in [0.5, 0.6) is 5.75 Å². The molecule has 3 aromatic carbocycles. The average molecular weight is 599 g/mol. The van der Waals surface area contributed by atoms with E-state index in [1.807, 2.05) is 18.2 Å². The minimum atomic E-state index is -6.00. The topological polar surface area (TPSA) is 9.23 Å². The molecule has 0 spiro atoms. The highest BCUT2D eigenvalue weighted by molar-refractivity contribution is 6.50. The summed E-state index contributed by atoms with van der Waals surface area (Å²) < 4.78 is 110. The molecule has 0 amide bonds. The van der Waals surface area contributed by atoms with Crippen molar-refractivity contribution in [3.8, 4) is 28.0 Å². The molecular weight excluding hydrogens is 570 g/mol. The van der Waals surface area contributed by atoms with Crippen LogP contribution in [0.1, 0.15) is 85.5 Å². The Morgan fingerprint density at radius 1 is 0.690 bits per heavy atom. The first-order valence-electron chi connectivity index (χ1n) is 14.1. The van der Waals surface area contributed by atoms with Crippen LogP contribution < -0.4 is 4.74 Å². The van der Waals surface area contributed by atoms with Gasteiger partial charge in [-0.05, 0) is 101 Å². The fraction of sp³-hybridized carbons (Fsp3) is 0.419. The first-order valence-corrected chi connectivity index (χ1v) is 14.1. The summed E-state index contributed by atoms with van der Waals surface area (Å²) in [6, 6.07) is 16.6. The Morgan fingerprint density at radius 2 is 1.29 bits per heavy atom. The number of hydrogen-bond acceptors (Lipinski definition) is 1. The van der Waals surface area contributed by atoms with Crippen LogP contribution in [-0.2, 0) is 6.42 Å². The van der Waals surface area contributed by atoms with Gasteiger partial charge in [-0.2, -0.15) is 22.0 Å². The van der Waals surface area contributed by atoms with Gasteiger partial charge in [-0.25, -0.2) is 0 Å². The average Bonchev–Trinajstić information content (AvgIpc) is 3.67. The summed E-state index contributed by atoms with van der Waals surface area (Å²) in [4.78, 5) is 0. The molecule has 0 unspecified atom stereocenters. The van der Waals surface area contributed by atoms with Crippen molar-refractivity contribution in [1.82, 2.24) is 0 Å². The third-order valence-corrected chi connectivity index (χ3v) is 8.44. The van der Waals surface area contributed by atoms with Crippen LogP contribution in [0.4, 0.5) is 39.2 Å². The molecule has 0 radical (unpaired) electrons. The van der Waals surface area contributed by atoms with Crippen LogP contribution in [0.15, 0.2) is 54.6 Å². The summed E-state index contributed by atoms with van der Waals surface area (Å²) >= 11 is 0. The molecule has 0 saturated heterocycles. The number of halogens is 9. The minimum absolute atomic E-state index is 0.362.